The van der Waals surface area contributed by atoms with Crippen molar-refractivity contribution >= 4 is 5.69 Å². The Balaban J connectivity index is 2.13. The Morgan fingerprint density at radius 3 is 2.80 bits per heavy atom. The number of nitrogens with zero attached hydrogens (tertiary/aromatic N) is 3. The summed E-state index contributed by atoms with van der Waals surface area (Å²) in [7, 11) is 1.68. The van der Waals surface area contributed by atoms with Gasteiger partial charge in [0.15, 0.2) is 0 Å². The first-order chi connectivity index (χ1) is 9.58. The summed E-state index contributed by atoms with van der Waals surface area (Å²) in [5.74, 6) is 1.11. The Kier molecular flexibility index (Phi) is 4.59. The zero-order chi connectivity index (χ0) is 14.7. The summed E-state index contributed by atoms with van der Waals surface area (Å²) in [6.07, 6.45) is 3.87. The van der Waals surface area contributed by atoms with Gasteiger partial charge in [0.2, 0.25) is 0 Å². The first-order valence-corrected chi connectivity index (χ1v) is 7.11. The maximum absolute atomic E-state index is 11.2. The first kappa shape index (κ1) is 14.8. The second-order valence-corrected chi connectivity index (χ2v) is 5.33. The van der Waals surface area contributed by atoms with E-state index in [2.05, 4.69) is 5.10 Å². The van der Waals surface area contributed by atoms with Gasteiger partial charge in [0.1, 0.15) is 5.69 Å². The fourth-order valence-corrected chi connectivity index (χ4v) is 2.96. The molecule has 1 saturated carbocycles. The summed E-state index contributed by atoms with van der Waals surface area (Å²) in [6, 6.07) is 0. The Labute approximate surface area is 118 Å². The summed E-state index contributed by atoms with van der Waals surface area (Å²) in [6.45, 7) is 2.98. The lowest BCUT2D eigenvalue weighted by Gasteiger charge is -2.17. The molecule has 1 aromatic rings. The topological polar surface area (TPSA) is 96.2 Å². The van der Waals surface area contributed by atoms with Gasteiger partial charge in [0.25, 0.3) is 5.88 Å². The monoisotopic (exact) mass is 282 g/mol. The highest BCUT2D eigenvalue weighted by Crippen LogP contribution is 2.34. The minimum absolute atomic E-state index is 0.00250. The zero-order valence-corrected chi connectivity index (χ0v) is 12.0. The van der Waals surface area contributed by atoms with Gasteiger partial charge in [0.05, 0.1) is 11.5 Å². The highest BCUT2D eigenvalue weighted by Gasteiger charge is 2.30. The van der Waals surface area contributed by atoms with Gasteiger partial charge in [-0.05, 0) is 37.6 Å². The third-order valence-electron chi connectivity index (χ3n) is 4.11. The average molecular weight is 282 g/mol. The molecule has 0 amide bonds. The highest BCUT2D eigenvalue weighted by molar-refractivity contribution is 5.46. The molecule has 2 rings (SSSR count). The molecule has 7 heteroatoms. The maximum Gasteiger partial charge on any atom is 0.353 e. The molecule has 1 heterocycles. The second kappa shape index (κ2) is 6.21. The molecule has 0 aromatic carbocycles. The van der Waals surface area contributed by atoms with Crippen LogP contribution in [0, 0.1) is 22.0 Å². The van der Waals surface area contributed by atoms with E-state index in [0.29, 0.717) is 37.1 Å². The molecule has 2 atom stereocenters. The van der Waals surface area contributed by atoms with Gasteiger partial charge in [-0.25, -0.2) is 4.68 Å². The van der Waals surface area contributed by atoms with Gasteiger partial charge in [-0.3, -0.25) is 10.1 Å². The molecule has 0 spiro atoms. The average Bonchev–Trinajstić information content (AvgIpc) is 2.99. The number of ether oxygens (including phenoxy) is 1. The van der Waals surface area contributed by atoms with E-state index in [4.69, 9.17) is 10.5 Å². The Morgan fingerprint density at radius 1 is 1.50 bits per heavy atom. The van der Waals surface area contributed by atoms with Gasteiger partial charge in [-0.1, -0.05) is 13.3 Å². The number of rotatable bonds is 6. The number of aromatic nitrogens is 2. The van der Waals surface area contributed by atoms with Crippen LogP contribution in [0.3, 0.4) is 0 Å². The lowest BCUT2D eigenvalue weighted by atomic mass is 9.97. The van der Waals surface area contributed by atoms with E-state index >= 15 is 0 Å². The van der Waals surface area contributed by atoms with Crippen molar-refractivity contribution < 1.29 is 9.66 Å². The van der Waals surface area contributed by atoms with Crippen molar-refractivity contribution in [2.45, 2.75) is 32.6 Å². The summed E-state index contributed by atoms with van der Waals surface area (Å²) >= 11 is 0. The molecule has 0 aliphatic heterocycles. The molecular weight excluding hydrogens is 260 g/mol. The van der Waals surface area contributed by atoms with E-state index < -0.39 is 4.92 Å². The van der Waals surface area contributed by atoms with Crippen LogP contribution in [-0.2, 0) is 13.5 Å². The zero-order valence-electron chi connectivity index (χ0n) is 12.0. The molecule has 1 aliphatic carbocycles. The second-order valence-electron chi connectivity index (χ2n) is 5.33. The van der Waals surface area contributed by atoms with E-state index in [-0.39, 0.29) is 11.6 Å². The Morgan fingerprint density at radius 2 is 2.20 bits per heavy atom. The first-order valence-electron chi connectivity index (χ1n) is 7.11. The van der Waals surface area contributed by atoms with Crippen molar-refractivity contribution in [2.24, 2.45) is 24.6 Å². The molecule has 112 valence electrons. The summed E-state index contributed by atoms with van der Waals surface area (Å²) < 4.78 is 7.19. The van der Waals surface area contributed by atoms with Gasteiger partial charge >= 0.3 is 5.69 Å². The number of nitrogens with two attached hydrogens (primary N) is 1. The number of hydrogen-bond acceptors (Lipinski definition) is 5. The van der Waals surface area contributed by atoms with E-state index in [1.165, 1.54) is 4.68 Å². The van der Waals surface area contributed by atoms with Crippen LogP contribution in [-0.4, -0.2) is 27.9 Å². The third kappa shape index (κ3) is 2.77. The van der Waals surface area contributed by atoms with E-state index in [9.17, 15) is 10.1 Å². The van der Waals surface area contributed by atoms with Gasteiger partial charge in [0, 0.05) is 7.05 Å². The van der Waals surface area contributed by atoms with E-state index in [1.807, 2.05) is 6.92 Å². The van der Waals surface area contributed by atoms with Crippen LogP contribution in [0.5, 0.6) is 5.88 Å². The van der Waals surface area contributed by atoms with Crippen molar-refractivity contribution in [3.8, 4) is 5.88 Å². The molecule has 2 N–H and O–H groups in total. The molecular formula is C13H22N4O3. The molecule has 1 aliphatic rings. The fraction of sp³-hybridized carbons (Fsp3) is 0.769. The van der Waals surface area contributed by atoms with Crippen molar-refractivity contribution in [1.82, 2.24) is 9.78 Å². The summed E-state index contributed by atoms with van der Waals surface area (Å²) in [5, 5.41) is 15.3. The largest absolute Gasteiger partial charge is 0.473 e. The van der Waals surface area contributed by atoms with Crippen LogP contribution < -0.4 is 10.5 Å². The lowest BCUT2D eigenvalue weighted by molar-refractivity contribution is -0.386. The van der Waals surface area contributed by atoms with Gasteiger partial charge < -0.3 is 10.5 Å². The van der Waals surface area contributed by atoms with Crippen molar-refractivity contribution in [3.63, 3.8) is 0 Å². The van der Waals surface area contributed by atoms with Crippen LogP contribution in [0.25, 0.3) is 0 Å². The molecule has 0 saturated heterocycles. The smallest absolute Gasteiger partial charge is 0.353 e. The van der Waals surface area contributed by atoms with Crippen molar-refractivity contribution in [3.05, 3.63) is 15.8 Å². The minimum Gasteiger partial charge on any atom is -0.473 e. The summed E-state index contributed by atoms with van der Waals surface area (Å²) in [5.41, 5.74) is 6.21. The van der Waals surface area contributed by atoms with E-state index in [1.54, 1.807) is 7.05 Å². The number of aryl methyl sites for hydroxylation is 2. The number of nitro groups is 1. The van der Waals surface area contributed by atoms with Gasteiger partial charge in [-0.15, -0.1) is 0 Å². The standard InChI is InChI=1S/C13H22N4O3/c1-3-11-12(17(18)19)13(16(2)15-11)20-8-10-6-4-5-9(10)7-14/h9-10H,3-8,14H2,1-2H3. The normalized spacial score (nSPS) is 22.1. The highest BCUT2D eigenvalue weighted by atomic mass is 16.6. The predicted octanol–water partition coefficient (Wildman–Crippen LogP) is 1.64. The minimum atomic E-state index is -0.407. The SMILES string of the molecule is CCc1nn(C)c(OCC2CCCC2CN)c1[N+](=O)[O-]. The van der Waals surface area contributed by atoms with Gasteiger partial charge in [-0.2, -0.15) is 5.10 Å². The molecule has 2 unspecified atom stereocenters. The van der Waals surface area contributed by atoms with Crippen LogP contribution >= 0.6 is 0 Å². The fourth-order valence-electron chi connectivity index (χ4n) is 2.96. The Bertz CT molecular complexity index is 486. The molecule has 7 nitrogen and oxygen atoms in total. The maximum atomic E-state index is 11.2. The molecule has 1 fully saturated rings. The molecule has 0 bridgehead atoms. The predicted molar refractivity (Wildman–Crippen MR) is 74.6 cm³/mol. The van der Waals surface area contributed by atoms with Crippen LogP contribution in [0.1, 0.15) is 31.9 Å². The molecule has 0 radical (unpaired) electrons. The molecule has 20 heavy (non-hydrogen) atoms. The van der Waals surface area contributed by atoms with E-state index in [0.717, 1.165) is 19.3 Å². The quantitative estimate of drug-likeness (QED) is 0.632. The Hall–Kier alpha value is -1.63. The lowest BCUT2D eigenvalue weighted by Crippen LogP contribution is -2.24. The third-order valence-corrected chi connectivity index (χ3v) is 4.11. The number of hydrogen-bond donors (Lipinski definition) is 1. The van der Waals surface area contributed by atoms with Crippen LogP contribution in [0.15, 0.2) is 0 Å². The van der Waals surface area contributed by atoms with Crippen molar-refractivity contribution in [1.29, 1.82) is 0 Å². The summed E-state index contributed by atoms with van der Waals surface area (Å²) in [4.78, 5) is 10.8. The molecule has 1 aromatic heterocycles. The van der Waals surface area contributed by atoms with Crippen LogP contribution in [0.2, 0.25) is 0 Å². The van der Waals surface area contributed by atoms with Crippen molar-refractivity contribution in [2.75, 3.05) is 13.2 Å². The van der Waals surface area contributed by atoms with Crippen LogP contribution in [0.4, 0.5) is 5.69 Å².